The first-order valence-electron chi connectivity index (χ1n) is 2.79. The number of rotatable bonds is 0. The van der Waals surface area contributed by atoms with Crippen molar-refractivity contribution in [1.29, 1.82) is 5.26 Å². The van der Waals surface area contributed by atoms with E-state index in [4.69, 9.17) is 5.26 Å². The lowest BCUT2D eigenvalue weighted by atomic mass is 10.1. The van der Waals surface area contributed by atoms with Crippen LogP contribution in [0.5, 0.6) is 0 Å². The van der Waals surface area contributed by atoms with Gasteiger partial charge in [0.1, 0.15) is 6.17 Å². The number of nitriles is 1. The Kier molecular flexibility index (Phi) is 1.65. The molecule has 0 spiro atoms. The third kappa shape index (κ3) is 1.27. The van der Waals surface area contributed by atoms with Crippen molar-refractivity contribution in [2.75, 3.05) is 11.5 Å². The maximum atomic E-state index is 12.5. The molecule has 3 nitrogen and oxygen atoms in total. The molecule has 0 N–H and O–H groups in total. The molecule has 0 aromatic heterocycles. The number of hydrogen-bond acceptors (Lipinski definition) is 3. The third-order valence-electron chi connectivity index (χ3n) is 1.45. The van der Waals surface area contributed by atoms with Gasteiger partial charge >= 0.3 is 0 Å². The van der Waals surface area contributed by atoms with E-state index in [-0.39, 0.29) is 5.75 Å². The van der Waals surface area contributed by atoms with E-state index in [0.29, 0.717) is 0 Å². The molecule has 0 saturated carbocycles. The largest absolute Gasteiger partial charge is 0.245 e. The fraction of sp³-hybridized carbons (Fsp3) is 0.800. The second-order valence-corrected chi connectivity index (χ2v) is 4.48. The maximum Gasteiger partial charge on any atom is 0.154 e. The minimum absolute atomic E-state index is 0.315. The zero-order valence-electron chi connectivity index (χ0n) is 5.12. The normalized spacial score (nSPS) is 37.2. The van der Waals surface area contributed by atoms with E-state index in [1.165, 1.54) is 0 Å². The number of sulfone groups is 1. The molecule has 0 bridgehead atoms. The van der Waals surface area contributed by atoms with Gasteiger partial charge in [0.2, 0.25) is 0 Å². The fourth-order valence-corrected chi connectivity index (χ4v) is 2.61. The Morgan fingerprint density at radius 3 is 2.30 bits per heavy atom. The van der Waals surface area contributed by atoms with Crippen molar-refractivity contribution in [1.82, 2.24) is 0 Å². The minimum atomic E-state index is -3.25. The number of alkyl halides is 1. The molecule has 1 rings (SSSR count). The van der Waals surface area contributed by atoms with E-state index < -0.39 is 27.7 Å². The first-order valence-corrected chi connectivity index (χ1v) is 4.61. The average Bonchev–Trinajstić information content (AvgIpc) is 2.05. The van der Waals surface area contributed by atoms with Crippen molar-refractivity contribution in [2.45, 2.75) is 6.17 Å². The molecule has 0 aromatic rings. The SMILES string of the molecule is N#C[C@H]1CS(=O)(=O)C[C@H]1F. The molecule has 10 heavy (non-hydrogen) atoms. The molecule has 0 amide bonds. The quantitative estimate of drug-likeness (QED) is 0.500. The summed E-state index contributed by atoms with van der Waals surface area (Å²) in [5.41, 5.74) is 0. The van der Waals surface area contributed by atoms with Gasteiger partial charge in [0.05, 0.1) is 23.5 Å². The summed E-state index contributed by atoms with van der Waals surface area (Å²) in [6, 6.07) is 1.62. The molecule has 0 radical (unpaired) electrons. The van der Waals surface area contributed by atoms with Gasteiger partial charge in [0.15, 0.2) is 9.84 Å². The molecule has 0 unspecified atom stereocenters. The highest BCUT2D eigenvalue weighted by Crippen LogP contribution is 2.20. The van der Waals surface area contributed by atoms with Crippen molar-refractivity contribution in [3.05, 3.63) is 0 Å². The molecule has 0 aromatic carbocycles. The van der Waals surface area contributed by atoms with Crippen LogP contribution in [0.25, 0.3) is 0 Å². The molecule has 1 aliphatic heterocycles. The van der Waals surface area contributed by atoms with Crippen LogP contribution in [0.1, 0.15) is 0 Å². The summed E-state index contributed by atoms with van der Waals surface area (Å²) in [6.07, 6.45) is -1.48. The van der Waals surface area contributed by atoms with Crippen LogP contribution in [0.3, 0.4) is 0 Å². The molecular formula is C5H6FNO2S. The summed E-state index contributed by atoms with van der Waals surface area (Å²) >= 11 is 0. The summed E-state index contributed by atoms with van der Waals surface area (Å²) in [4.78, 5) is 0. The highest BCUT2D eigenvalue weighted by Gasteiger charge is 2.37. The Hall–Kier alpha value is -0.630. The van der Waals surface area contributed by atoms with Crippen LogP contribution in [0.4, 0.5) is 4.39 Å². The first-order chi connectivity index (χ1) is 4.55. The van der Waals surface area contributed by atoms with Crippen molar-refractivity contribution in [2.24, 2.45) is 5.92 Å². The van der Waals surface area contributed by atoms with Crippen molar-refractivity contribution in [3.8, 4) is 6.07 Å². The highest BCUT2D eigenvalue weighted by atomic mass is 32.2. The van der Waals surface area contributed by atoms with Crippen LogP contribution < -0.4 is 0 Å². The Morgan fingerprint density at radius 1 is 1.50 bits per heavy atom. The van der Waals surface area contributed by atoms with Gasteiger partial charge in [-0.2, -0.15) is 5.26 Å². The van der Waals surface area contributed by atoms with E-state index in [9.17, 15) is 12.8 Å². The molecule has 2 atom stereocenters. The topological polar surface area (TPSA) is 57.9 Å². The van der Waals surface area contributed by atoms with Crippen molar-refractivity contribution < 1.29 is 12.8 Å². The standard InChI is InChI=1S/C5H6FNO2S/c6-5-3-10(8,9)2-4(5)1-7/h4-5H,2-3H2/t4-,5+/m0/s1. The van der Waals surface area contributed by atoms with Gasteiger partial charge in [-0.15, -0.1) is 0 Å². The molecule has 1 aliphatic rings. The van der Waals surface area contributed by atoms with Crippen LogP contribution in [0.2, 0.25) is 0 Å². The van der Waals surface area contributed by atoms with E-state index in [0.717, 1.165) is 0 Å². The molecule has 1 fully saturated rings. The third-order valence-corrected chi connectivity index (χ3v) is 3.14. The van der Waals surface area contributed by atoms with Gasteiger partial charge in [0.25, 0.3) is 0 Å². The zero-order chi connectivity index (χ0) is 7.78. The summed E-state index contributed by atoms with van der Waals surface area (Å²) in [6.45, 7) is 0. The molecule has 1 heterocycles. The summed E-state index contributed by atoms with van der Waals surface area (Å²) in [5, 5.41) is 8.21. The van der Waals surface area contributed by atoms with E-state index in [2.05, 4.69) is 0 Å². The lowest BCUT2D eigenvalue weighted by Crippen LogP contribution is -2.09. The minimum Gasteiger partial charge on any atom is -0.245 e. The van der Waals surface area contributed by atoms with Gasteiger partial charge in [-0.1, -0.05) is 0 Å². The molecule has 56 valence electrons. The monoisotopic (exact) mass is 163 g/mol. The van der Waals surface area contributed by atoms with Crippen LogP contribution in [-0.4, -0.2) is 26.1 Å². The van der Waals surface area contributed by atoms with E-state index >= 15 is 0 Å². The number of hydrogen-bond donors (Lipinski definition) is 0. The maximum absolute atomic E-state index is 12.5. The van der Waals surface area contributed by atoms with Gasteiger partial charge < -0.3 is 0 Å². The summed E-state index contributed by atoms with van der Waals surface area (Å²) in [7, 11) is -3.25. The predicted octanol–water partition coefficient (Wildman–Crippen LogP) is -0.107. The molecular weight excluding hydrogens is 157 g/mol. The van der Waals surface area contributed by atoms with Crippen molar-refractivity contribution >= 4 is 9.84 Å². The van der Waals surface area contributed by atoms with E-state index in [1.54, 1.807) is 6.07 Å². The zero-order valence-corrected chi connectivity index (χ0v) is 5.94. The van der Waals surface area contributed by atoms with Gasteiger partial charge in [-0.3, -0.25) is 0 Å². The second-order valence-electron chi connectivity index (χ2n) is 2.33. The molecule has 5 heteroatoms. The van der Waals surface area contributed by atoms with Crippen LogP contribution >= 0.6 is 0 Å². The van der Waals surface area contributed by atoms with Crippen LogP contribution in [0.15, 0.2) is 0 Å². The smallest absolute Gasteiger partial charge is 0.154 e. The van der Waals surface area contributed by atoms with Crippen LogP contribution in [-0.2, 0) is 9.84 Å². The van der Waals surface area contributed by atoms with Crippen LogP contribution in [0, 0.1) is 17.2 Å². The lowest BCUT2D eigenvalue weighted by molar-refractivity contribution is 0.325. The summed E-state index contributed by atoms with van der Waals surface area (Å²) in [5.74, 6) is -1.74. The average molecular weight is 163 g/mol. The van der Waals surface area contributed by atoms with Crippen molar-refractivity contribution in [3.63, 3.8) is 0 Å². The van der Waals surface area contributed by atoms with Gasteiger partial charge in [-0.25, -0.2) is 12.8 Å². The number of halogens is 1. The van der Waals surface area contributed by atoms with Gasteiger partial charge in [-0.05, 0) is 0 Å². The van der Waals surface area contributed by atoms with Gasteiger partial charge in [0, 0.05) is 0 Å². The Balaban J connectivity index is 2.83. The Labute approximate surface area is 58.4 Å². The number of nitrogens with zero attached hydrogens (tertiary/aromatic N) is 1. The molecule has 1 saturated heterocycles. The fourth-order valence-electron chi connectivity index (χ4n) is 0.923. The highest BCUT2D eigenvalue weighted by molar-refractivity contribution is 7.91. The summed E-state index contributed by atoms with van der Waals surface area (Å²) < 4.78 is 33.7. The second kappa shape index (κ2) is 2.20. The Morgan fingerprint density at radius 2 is 2.10 bits per heavy atom. The van der Waals surface area contributed by atoms with E-state index in [1.807, 2.05) is 0 Å². The molecule has 0 aliphatic carbocycles. The first kappa shape index (κ1) is 7.48. The lowest BCUT2D eigenvalue weighted by Gasteiger charge is -1.95. The predicted molar refractivity (Wildman–Crippen MR) is 32.7 cm³/mol. The Bertz CT molecular complexity index is 266.